The van der Waals surface area contributed by atoms with E-state index in [0.29, 0.717) is 6.42 Å². The Kier molecular flexibility index (Phi) is 3.43. The standard InChI is InChI=1S/C13H15N3O2/c1-16-7-6-15-12(16)10-4-2-9(3-5-10)8-11(14)13(17)18/h2-7,11H,8,14H2,1H3,(H,17,18). The zero-order chi connectivity index (χ0) is 13.1. The molecule has 0 aliphatic heterocycles. The highest BCUT2D eigenvalue weighted by Gasteiger charge is 2.12. The first-order valence-corrected chi connectivity index (χ1v) is 5.63. The van der Waals surface area contributed by atoms with Gasteiger partial charge >= 0.3 is 5.97 Å². The monoisotopic (exact) mass is 245 g/mol. The lowest BCUT2D eigenvalue weighted by molar-refractivity contribution is -0.138. The van der Waals surface area contributed by atoms with Crippen molar-refractivity contribution in [2.24, 2.45) is 12.8 Å². The van der Waals surface area contributed by atoms with Crippen LogP contribution in [0.25, 0.3) is 11.4 Å². The summed E-state index contributed by atoms with van der Waals surface area (Å²) in [5, 5.41) is 8.75. The van der Waals surface area contributed by atoms with E-state index in [1.807, 2.05) is 42.1 Å². The first-order valence-electron chi connectivity index (χ1n) is 5.63. The highest BCUT2D eigenvalue weighted by molar-refractivity contribution is 5.73. The number of nitrogens with zero attached hydrogens (tertiary/aromatic N) is 2. The average Bonchev–Trinajstić information content (AvgIpc) is 2.76. The van der Waals surface area contributed by atoms with Crippen molar-refractivity contribution in [3.63, 3.8) is 0 Å². The molecule has 3 N–H and O–H groups in total. The Bertz CT molecular complexity index is 546. The average molecular weight is 245 g/mol. The number of rotatable bonds is 4. The molecule has 2 aromatic rings. The number of carboxylic acid groups (broad SMARTS) is 1. The fourth-order valence-electron chi connectivity index (χ4n) is 1.77. The van der Waals surface area contributed by atoms with Gasteiger partial charge in [-0.3, -0.25) is 4.79 Å². The molecule has 5 nitrogen and oxygen atoms in total. The second-order valence-corrected chi connectivity index (χ2v) is 4.21. The van der Waals surface area contributed by atoms with Crippen LogP contribution in [-0.2, 0) is 18.3 Å². The van der Waals surface area contributed by atoms with Crippen molar-refractivity contribution in [3.8, 4) is 11.4 Å². The predicted molar refractivity (Wildman–Crippen MR) is 68.0 cm³/mol. The van der Waals surface area contributed by atoms with Gasteiger partial charge in [-0.1, -0.05) is 24.3 Å². The Morgan fingerprint density at radius 1 is 1.44 bits per heavy atom. The number of aliphatic carboxylic acids is 1. The number of hydrogen-bond acceptors (Lipinski definition) is 3. The first-order chi connectivity index (χ1) is 8.58. The summed E-state index contributed by atoms with van der Waals surface area (Å²) in [6, 6.07) is 6.75. The molecule has 0 saturated carbocycles. The van der Waals surface area contributed by atoms with Crippen molar-refractivity contribution in [3.05, 3.63) is 42.2 Å². The van der Waals surface area contributed by atoms with E-state index in [4.69, 9.17) is 10.8 Å². The van der Waals surface area contributed by atoms with E-state index >= 15 is 0 Å². The maximum atomic E-state index is 10.7. The Hall–Kier alpha value is -2.14. The van der Waals surface area contributed by atoms with E-state index in [1.54, 1.807) is 6.20 Å². The van der Waals surface area contributed by atoms with Crippen LogP contribution >= 0.6 is 0 Å². The largest absolute Gasteiger partial charge is 0.480 e. The smallest absolute Gasteiger partial charge is 0.320 e. The van der Waals surface area contributed by atoms with Gasteiger partial charge in [0.25, 0.3) is 0 Å². The lowest BCUT2D eigenvalue weighted by Crippen LogP contribution is -2.32. The Balaban J connectivity index is 2.16. The molecule has 1 unspecified atom stereocenters. The molecule has 1 aromatic heterocycles. The van der Waals surface area contributed by atoms with Crippen LogP contribution in [0, 0.1) is 0 Å². The number of aryl methyl sites for hydroxylation is 1. The zero-order valence-electron chi connectivity index (χ0n) is 10.1. The lowest BCUT2D eigenvalue weighted by atomic mass is 10.0. The molecule has 0 saturated heterocycles. The van der Waals surface area contributed by atoms with Crippen LogP contribution < -0.4 is 5.73 Å². The zero-order valence-corrected chi connectivity index (χ0v) is 10.1. The highest BCUT2D eigenvalue weighted by atomic mass is 16.4. The molecule has 0 fully saturated rings. The molecule has 1 heterocycles. The van der Waals surface area contributed by atoms with Gasteiger partial charge in [0.2, 0.25) is 0 Å². The van der Waals surface area contributed by atoms with Gasteiger partial charge in [-0.15, -0.1) is 0 Å². The molecule has 94 valence electrons. The van der Waals surface area contributed by atoms with Crippen molar-refractivity contribution in [2.75, 3.05) is 0 Å². The summed E-state index contributed by atoms with van der Waals surface area (Å²) < 4.78 is 1.93. The highest BCUT2D eigenvalue weighted by Crippen LogP contribution is 2.17. The van der Waals surface area contributed by atoms with Gasteiger partial charge in [-0.25, -0.2) is 4.98 Å². The maximum Gasteiger partial charge on any atom is 0.320 e. The molecule has 5 heteroatoms. The SMILES string of the molecule is Cn1ccnc1-c1ccc(CC(N)C(=O)O)cc1. The quantitative estimate of drug-likeness (QED) is 0.843. The number of imidazole rings is 1. The molecule has 0 amide bonds. The molecule has 1 aromatic carbocycles. The summed E-state index contributed by atoms with van der Waals surface area (Å²) in [5.41, 5.74) is 7.39. The molecule has 18 heavy (non-hydrogen) atoms. The first kappa shape index (κ1) is 12.3. The second kappa shape index (κ2) is 5.01. The van der Waals surface area contributed by atoms with Crippen LogP contribution in [0.15, 0.2) is 36.7 Å². The molecule has 0 aliphatic rings. The minimum absolute atomic E-state index is 0.330. The van der Waals surface area contributed by atoms with Crippen LogP contribution in [0.4, 0.5) is 0 Å². The predicted octanol–water partition coefficient (Wildman–Crippen LogP) is 1.04. The third-order valence-corrected chi connectivity index (χ3v) is 2.81. The van der Waals surface area contributed by atoms with E-state index < -0.39 is 12.0 Å². The van der Waals surface area contributed by atoms with Crippen molar-refractivity contribution < 1.29 is 9.90 Å². The maximum absolute atomic E-state index is 10.7. The summed E-state index contributed by atoms with van der Waals surface area (Å²) in [6.45, 7) is 0. The number of carboxylic acids is 1. The van der Waals surface area contributed by atoms with Crippen molar-refractivity contribution >= 4 is 5.97 Å². The molecule has 0 bridgehead atoms. The van der Waals surface area contributed by atoms with E-state index in [2.05, 4.69) is 4.98 Å². The summed E-state index contributed by atoms with van der Waals surface area (Å²) in [6.07, 6.45) is 3.95. The lowest BCUT2D eigenvalue weighted by Gasteiger charge is -2.07. The van der Waals surface area contributed by atoms with E-state index in [9.17, 15) is 4.79 Å². The minimum Gasteiger partial charge on any atom is -0.480 e. The molecular weight excluding hydrogens is 230 g/mol. The number of benzene rings is 1. The second-order valence-electron chi connectivity index (χ2n) is 4.21. The Morgan fingerprint density at radius 3 is 2.61 bits per heavy atom. The number of aromatic nitrogens is 2. The van der Waals surface area contributed by atoms with Crippen LogP contribution in [0.5, 0.6) is 0 Å². The molecular formula is C13H15N3O2. The van der Waals surface area contributed by atoms with Crippen LogP contribution in [0.3, 0.4) is 0 Å². The van der Waals surface area contributed by atoms with Crippen molar-refractivity contribution in [1.29, 1.82) is 0 Å². The fraction of sp³-hybridized carbons (Fsp3) is 0.231. The normalized spacial score (nSPS) is 12.3. The topological polar surface area (TPSA) is 81.1 Å². The molecule has 0 spiro atoms. The summed E-state index contributed by atoms with van der Waals surface area (Å²) in [7, 11) is 1.93. The van der Waals surface area contributed by atoms with Gasteiger partial charge < -0.3 is 15.4 Å². The molecule has 0 radical (unpaired) electrons. The summed E-state index contributed by atoms with van der Waals surface area (Å²) in [4.78, 5) is 14.9. The third kappa shape index (κ3) is 2.57. The van der Waals surface area contributed by atoms with Gasteiger partial charge in [0, 0.05) is 25.0 Å². The minimum atomic E-state index is -0.983. The van der Waals surface area contributed by atoms with Gasteiger partial charge in [0.15, 0.2) is 0 Å². The van der Waals surface area contributed by atoms with E-state index in [1.165, 1.54) is 0 Å². The summed E-state index contributed by atoms with van der Waals surface area (Å²) in [5.74, 6) is -0.104. The van der Waals surface area contributed by atoms with Crippen LogP contribution in [0.1, 0.15) is 5.56 Å². The van der Waals surface area contributed by atoms with E-state index in [0.717, 1.165) is 17.0 Å². The number of carbonyl (C=O) groups is 1. The van der Waals surface area contributed by atoms with Gasteiger partial charge in [0.05, 0.1) is 0 Å². The van der Waals surface area contributed by atoms with Gasteiger partial charge in [-0.05, 0) is 12.0 Å². The Labute approximate surface area is 105 Å². The van der Waals surface area contributed by atoms with Crippen LogP contribution in [0.2, 0.25) is 0 Å². The fourth-order valence-corrected chi connectivity index (χ4v) is 1.77. The van der Waals surface area contributed by atoms with Crippen molar-refractivity contribution in [2.45, 2.75) is 12.5 Å². The summed E-state index contributed by atoms with van der Waals surface area (Å²) >= 11 is 0. The van der Waals surface area contributed by atoms with Crippen LogP contribution in [-0.4, -0.2) is 26.7 Å². The number of nitrogens with two attached hydrogens (primary N) is 1. The van der Waals surface area contributed by atoms with E-state index in [-0.39, 0.29) is 0 Å². The van der Waals surface area contributed by atoms with Crippen molar-refractivity contribution in [1.82, 2.24) is 9.55 Å². The molecule has 2 rings (SSSR count). The van der Waals surface area contributed by atoms with Gasteiger partial charge in [0.1, 0.15) is 11.9 Å². The molecule has 1 atom stereocenters. The molecule has 0 aliphatic carbocycles. The van der Waals surface area contributed by atoms with Gasteiger partial charge in [-0.2, -0.15) is 0 Å². The number of hydrogen-bond donors (Lipinski definition) is 2. The Morgan fingerprint density at radius 2 is 2.11 bits per heavy atom. The third-order valence-electron chi connectivity index (χ3n) is 2.81.